The number of hydrogen-bond donors (Lipinski definition) is 0. The van der Waals surface area contributed by atoms with Crippen LogP contribution < -0.4 is 9.41 Å². The molecule has 0 N–H and O–H groups in total. The molecule has 24 heavy (non-hydrogen) atoms. The Morgan fingerprint density at radius 3 is 1.71 bits per heavy atom. The van der Waals surface area contributed by atoms with Gasteiger partial charge in [0.1, 0.15) is 0 Å². The van der Waals surface area contributed by atoms with Gasteiger partial charge >= 0.3 is 41.3 Å². The van der Waals surface area contributed by atoms with Crippen molar-refractivity contribution in [3.8, 4) is 0 Å². The van der Waals surface area contributed by atoms with Crippen LogP contribution in [0.25, 0.3) is 21.5 Å². The van der Waals surface area contributed by atoms with Crippen LogP contribution in [0.2, 0.25) is 0 Å². The molecule has 4 rings (SSSR count). The van der Waals surface area contributed by atoms with Crippen molar-refractivity contribution in [2.24, 2.45) is 0 Å². The van der Waals surface area contributed by atoms with Crippen LogP contribution in [0.5, 0.6) is 0 Å². The van der Waals surface area contributed by atoms with Crippen molar-refractivity contribution in [1.82, 2.24) is 0 Å². The van der Waals surface area contributed by atoms with E-state index in [4.69, 9.17) is 0 Å². The third-order valence-electron chi connectivity index (χ3n) is 3.11. The Labute approximate surface area is 157 Å². The number of allylic oxidation sites excluding steroid dienone is 4. The molecule has 0 unspecified atom stereocenters. The first-order valence-corrected chi connectivity index (χ1v) is 8.68. The summed E-state index contributed by atoms with van der Waals surface area (Å²) in [5.41, 5.74) is 0. The minimum absolute atomic E-state index is 0. The zero-order valence-electron chi connectivity index (χ0n) is 13.9. The first-order chi connectivity index (χ1) is 10.7. The average Bonchev–Trinajstić information content (AvgIpc) is 3.18. The smallest absolute Gasteiger partial charge is 0.0771 e. The van der Waals surface area contributed by atoms with Crippen LogP contribution in [-0.2, 0) is 24.2 Å². The molecule has 0 atom stereocenters. The van der Waals surface area contributed by atoms with Gasteiger partial charge in [0.2, 0.25) is 0 Å². The molecule has 0 fully saturated rings. The summed E-state index contributed by atoms with van der Waals surface area (Å²) >= 11 is 1.55. The number of fused-ring (bicyclic) bond motifs is 3. The van der Waals surface area contributed by atoms with Gasteiger partial charge in [-0.15, -0.1) is 46.2 Å². The van der Waals surface area contributed by atoms with Crippen LogP contribution in [0.3, 0.4) is 0 Å². The van der Waals surface area contributed by atoms with Crippen LogP contribution in [-0.4, -0.2) is 3.21 Å². The molecule has 124 valence electrons. The van der Waals surface area contributed by atoms with Crippen molar-refractivity contribution in [1.29, 1.82) is 0 Å². The van der Waals surface area contributed by atoms with E-state index in [1.165, 1.54) is 24.8 Å². The van der Waals surface area contributed by atoms with Gasteiger partial charge in [-0.3, -0.25) is 6.08 Å². The van der Waals surface area contributed by atoms with E-state index in [-0.39, 0.29) is 9.41 Å². The number of rotatable bonds is 0. The monoisotopic (exact) mass is 400 g/mol. The minimum Gasteiger partial charge on any atom is -1.00 e. The van der Waals surface area contributed by atoms with Gasteiger partial charge in [0.25, 0.3) is 0 Å². The van der Waals surface area contributed by atoms with Crippen LogP contribution >= 0.6 is 0 Å². The first-order valence-electron chi connectivity index (χ1n) is 7.45. The Bertz CT molecular complexity index is 748. The summed E-state index contributed by atoms with van der Waals surface area (Å²) < 4.78 is 1.51. The van der Waals surface area contributed by atoms with Crippen LogP contribution in [0.1, 0.15) is 20.3 Å². The number of benzene rings is 2. The molecule has 0 saturated carbocycles. The van der Waals surface area contributed by atoms with Crippen LogP contribution in [0.4, 0.5) is 0 Å². The minimum atomic E-state index is 0. The van der Waals surface area contributed by atoms with Crippen molar-refractivity contribution in [3.05, 3.63) is 78.9 Å². The van der Waals surface area contributed by atoms with Crippen molar-refractivity contribution in [3.63, 3.8) is 0 Å². The van der Waals surface area contributed by atoms with Gasteiger partial charge in [0, 0.05) is 0 Å². The Hall–Kier alpha value is -1.60. The maximum absolute atomic E-state index is 2.99. The molecule has 0 amide bonds. The molecule has 0 nitrogen and oxygen atoms in total. The van der Waals surface area contributed by atoms with E-state index in [0.717, 1.165) is 6.42 Å². The summed E-state index contributed by atoms with van der Waals surface area (Å²) in [6.45, 7) is 4.25. The fourth-order valence-electron chi connectivity index (χ4n) is 2.24. The van der Waals surface area contributed by atoms with Gasteiger partial charge in [-0.05, 0) is 0 Å². The third kappa shape index (κ3) is 6.88. The quantitative estimate of drug-likeness (QED) is 0.457. The third-order valence-corrected chi connectivity index (χ3v) is 3.11. The van der Waals surface area contributed by atoms with E-state index < -0.39 is 0 Å². The molecular formula is C21H20F2Zr-2. The molecular weight excluding hydrogens is 381 g/mol. The molecule has 0 bridgehead atoms. The number of hydrogen-bond acceptors (Lipinski definition) is 0. The Morgan fingerprint density at radius 1 is 0.917 bits per heavy atom. The van der Waals surface area contributed by atoms with E-state index in [1.807, 2.05) is 12.2 Å². The van der Waals surface area contributed by atoms with Gasteiger partial charge in [-0.1, -0.05) is 36.4 Å². The number of halogens is 2. The molecule has 1 aliphatic carbocycles. The fraction of sp³-hybridized carbons (Fsp3) is 0.143. The molecule has 3 aromatic carbocycles. The summed E-state index contributed by atoms with van der Waals surface area (Å²) in [6.07, 6.45) is 10.0. The summed E-state index contributed by atoms with van der Waals surface area (Å²) in [6, 6.07) is 19.3. The van der Waals surface area contributed by atoms with Crippen LogP contribution in [0.15, 0.2) is 72.8 Å². The molecule has 0 aromatic heterocycles. The molecule has 0 aliphatic heterocycles. The second-order valence-electron chi connectivity index (χ2n) is 5.32. The zero-order chi connectivity index (χ0) is 15.8. The zero-order valence-corrected chi connectivity index (χ0v) is 16.3. The topological polar surface area (TPSA) is 0 Å². The summed E-state index contributed by atoms with van der Waals surface area (Å²) in [7, 11) is 0. The van der Waals surface area contributed by atoms with E-state index in [2.05, 4.69) is 80.6 Å². The second-order valence-corrected chi connectivity index (χ2v) is 7.78. The van der Waals surface area contributed by atoms with E-state index >= 15 is 0 Å². The van der Waals surface area contributed by atoms with Crippen molar-refractivity contribution in [2.45, 2.75) is 20.3 Å². The Morgan fingerprint density at radius 2 is 1.38 bits per heavy atom. The molecule has 0 saturated heterocycles. The summed E-state index contributed by atoms with van der Waals surface area (Å²) in [4.78, 5) is 0. The summed E-state index contributed by atoms with van der Waals surface area (Å²) in [5, 5.41) is 5.39. The summed E-state index contributed by atoms with van der Waals surface area (Å²) in [5.74, 6) is 0. The van der Waals surface area contributed by atoms with Gasteiger partial charge in [0.05, 0.1) is 0 Å². The van der Waals surface area contributed by atoms with Crippen molar-refractivity contribution in [2.75, 3.05) is 0 Å². The predicted octanol–water partition coefficient (Wildman–Crippen LogP) is -0.229. The normalized spacial score (nSPS) is 10.8. The maximum Gasteiger partial charge on any atom is -0.0771 e. The molecule has 0 heterocycles. The molecule has 1 aliphatic rings. The SMILES string of the molecule is C[C](C)=[Zr+2].[C-]1=CC=CC1.[F-].[F-].c1ccc2c(c1)[cH-]c1ccccc12. The van der Waals surface area contributed by atoms with E-state index in [0.29, 0.717) is 0 Å². The van der Waals surface area contributed by atoms with Gasteiger partial charge in [-0.2, -0.15) is 6.08 Å². The second kappa shape index (κ2) is 11.9. The van der Waals surface area contributed by atoms with E-state index in [9.17, 15) is 0 Å². The standard InChI is InChI=1S/C13H9.C5H5.C3H6.2FH.Zr/c1-3-7-12-10(5-1)9-11-6-2-4-8-13(11)12;1-2-4-5-3-1;1-3-2;;;/h1-9H;1-3H,4H2;1-2H3;2*1H;/q2*-1;;;;+2/p-2. The van der Waals surface area contributed by atoms with Gasteiger partial charge in [0.15, 0.2) is 0 Å². The predicted molar refractivity (Wildman–Crippen MR) is 95.0 cm³/mol. The van der Waals surface area contributed by atoms with Crippen LogP contribution in [0, 0.1) is 6.08 Å². The average molecular weight is 402 g/mol. The molecule has 0 radical (unpaired) electrons. The maximum atomic E-state index is 2.99. The Balaban J connectivity index is 0.000000409. The van der Waals surface area contributed by atoms with Gasteiger partial charge in [-0.25, -0.2) is 12.2 Å². The molecule has 0 spiro atoms. The Kier molecular flexibility index (Phi) is 11.1. The van der Waals surface area contributed by atoms with Crippen molar-refractivity contribution >= 4 is 24.8 Å². The largest absolute Gasteiger partial charge is 1.00 e. The van der Waals surface area contributed by atoms with E-state index in [1.54, 1.807) is 24.2 Å². The van der Waals surface area contributed by atoms with Gasteiger partial charge < -0.3 is 9.41 Å². The molecule has 3 heteroatoms. The van der Waals surface area contributed by atoms with Crippen molar-refractivity contribution < 1.29 is 33.6 Å². The first kappa shape index (κ1) is 22.4. The molecule has 3 aromatic rings. The fourth-order valence-corrected chi connectivity index (χ4v) is 2.24.